The smallest absolute Gasteiger partial charge is 0.338 e. The number of fused-ring (bicyclic) bond motifs is 5. The summed E-state index contributed by atoms with van der Waals surface area (Å²) in [4.78, 5) is 13.2. The van der Waals surface area contributed by atoms with Gasteiger partial charge in [-0.25, -0.2) is 4.79 Å². The predicted molar refractivity (Wildman–Crippen MR) is 197 cm³/mol. The van der Waals surface area contributed by atoms with Crippen molar-refractivity contribution in [3.8, 4) is 5.75 Å². The summed E-state index contributed by atoms with van der Waals surface area (Å²) in [6, 6.07) is 7.61. The van der Waals surface area contributed by atoms with Crippen molar-refractivity contribution in [1.29, 1.82) is 0 Å². The number of hydrogen-bond donors (Lipinski definition) is 0. The molecule has 0 aliphatic heterocycles. The number of carbonyl (C=O) groups is 1. The quantitative estimate of drug-likeness (QED) is 0.0959. The summed E-state index contributed by atoms with van der Waals surface area (Å²) in [6.45, 7) is 15.6. The molecule has 0 spiro atoms. The highest BCUT2D eigenvalue weighted by Crippen LogP contribution is 2.67. The normalized spacial score (nSPS) is 32.2. The molecule has 8 atom stereocenters. The van der Waals surface area contributed by atoms with E-state index in [1.807, 2.05) is 24.3 Å². The van der Waals surface area contributed by atoms with E-state index < -0.39 is 0 Å². The summed E-state index contributed by atoms with van der Waals surface area (Å²) >= 11 is 0. The zero-order valence-electron chi connectivity index (χ0n) is 31.3. The first kappa shape index (κ1) is 36.5. The maximum atomic E-state index is 13.2. The molecule has 0 heterocycles. The minimum Gasteiger partial charge on any atom is -0.494 e. The zero-order valence-corrected chi connectivity index (χ0v) is 31.3. The van der Waals surface area contributed by atoms with Gasteiger partial charge in [0, 0.05) is 6.42 Å². The molecule has 1 aromatic carbocycles. The van der Waals surface area contributed by atoms with Crippen LogP contribution in [0.25, 0.3) is 0 Å². The van der Waals surface area contributed by atoms with Gasteiger partial charge in [-0.2, -0.15) is 0 Å². The van der Waals surface area contributed by atoms with Crippen LogP contribution in [0, 0.1) is 46.3 Å². The van der Waals surface area contributed by atoms with Crippen molar-refractivity contribution in [3.05, 3.63) is 41.5 Å². The second-order valence-electron chi connectivity index (χ2n) is 17.4. The van der Waals surface area contributed by atoms with Gasteiger partial charge in [-0.15, -0.1) is 0 Å². The molecule has 0 saturated heterocycles. The van der Waals surface area contributed by atoms with Crippen molar-refractivity contribution in [2.24, 2.45) is 46.3 Å². The van der Waals surface area contributed by atoms with Gasteiger partial charge in [0.05, 0.1) is 12.2 Å². The Balaban J connectivity index is 1.09. The second-order valence-corrected chi connectivity index (χ2v) is 17.4. The summed E-state index contributed by atoms with van der Waals surface area (Å²) < 4.78 is 12.1. The Bertz CT molecular complexity index is 1150. The Labute approximate surface area is 289 Å². The van der Waals surface area contributed by atoms with Gasteiger partial charge >= 0.3 is 5.97 Å². The molecule has 1 aromatic rings. The fourth-order valence-electron chi connectivity index (χ4n) is 11.1. The molecule has 5 rings (SSSR count). The van der Waals surface area contributed by atoms with E-state index in [0.717, 1.165) is 73.5 Å². The lowest BCUT2D eigenvalue weighted by atomic mass is 9.47. The van der Waals surface area contributed by atoms with E-state index in [4.69, 9.17) is 9.47 Å². The molecule has 0 radical (unpaired) electrons. The van der Waals surface area contributed by atoms with Crippen molar-refractivity contribution < 1.29 is 14.3 Å². The molecule has 4 aliphatic rings. The number of ether oxygens (including phenoxy) is 2. The van der Waals surface area contributed by atoms with E-state index in [-0.39, 0.29) is 17.5 Å². The Morgan fingerprint density at radius 3 is 2.28 bits per heavy atom. The Kier molecular flexibility index (Phi) is 13.0. The summed E-state index contributed by atoms with van der Waals surface area (Å²) in [6.07, 6.45) is 27.2. The first-order valence-electron chi connectivity index (χ1n) is 20.3. The van der Waals surface area contributed by atoms with Crippen LogP contribution < -0.4 is 4.74 Å². The standard InChI is InChI=1S/C44H70O3/c1-7-8-9-10-11-12-13-14-30-46-36-21-18-34(19-22-36)42(45)47-37-26-28-43(5)35(31-37)20-23-38-40-25-24-39(33(4)17-15-16-32(2)3)44(40,6)29-27-41(38)43/h18-22,32-33,37-41H,7-17,23-31H2,1-6H3/t33-,37?,38+,39-,40+,41+,43+,44-/m1/s1. The van der Waals surface area contributed by atoms with Crippen molar-refractivity contribution >= 4 is 5.97 Å². The minimum absolute atomic E-state index is 0.00678. The van der Waals surface area contributed by atoms with E-state index in [9.17, 15) is 4.79 Å². The van der Waals surface area contributed by atoms with E-state index in [2.05, 4.69) is 47.6 Å². The first-order valence-corrected chi connectivity index (χ1v) is 20.3. The van der Waals surface area contributed by atoms with Crippen molar-refractivity contribution in [2.75, 3.05) is 6.61 Å². The minimum atomic E-state index is -0.185. The number of unbranched alkanes of at least 4 members (excludes halogenated alkanes) is 7. The Morgan fingerprint density at radius 1 is 0.830 bits per heavy atom. The van der Waals surface area contributed by atoms with Crippen molar-refractivity contribution in [2.45, 2.75) is 170 Å². The van der Waals surface area contributed by atoms with Crippen LogP contribution in [0.3, 0.4) is 0 Å². The molecular formula is C44H70O3. The third kappa shape index (κ3) is 8.70. The van der Waals surface area contributed by atoms with Crippen LogP contribution in [0.2, 0.25) is 0 Å². The largest absolute Gasteiger partial charge is 0.494 e. The molecule has 3 nitrogen and oxygen atoms in total. The number of rotatable bonds is 17. The van der Waals surface area contributed by atoms with Crippen LogP contribution in [-0.4, -0.2) is 18.7 Å². The van der Waals surface area contributed by atoms with Crippen molar-refractivity contribution in [1.82, 2.24) is 0 Å². The fraction of sp³-hybridized carbons (Fsp3) is 0.795. The fourth-order valence-corrected chi connectivity index (χ4v) is 11.1. The summed E-state index contributed by atoms with van der Waals surface area (Å²) in [5.41, 5.74) is 3.03. The summed E-state index contributed by atoms with van der Waals surface area (Å²) in [5, 5.41) is 0. The van der Waals surface area contributed by atoms with Crippen LogP contribution in [0.5, 0.6) is 5.75 Å². The molecule has 3 saturated carbocycles. The number of benzene rings is 1. The zero-order chi connectivity index (χ0) is 33.4. The molecule has 47 heavy (non-hydrogen) atoms. The Hall–Kier alpha value is -1.77. The highest BCUT2D eigenvalue weighted by Gasteiger charge is 2.59. The van der Waals surface area contributed by atoms with E-state index in [1.54, 1.807) is 5.57 Å². The highest BCUT2D eigenvalue weighted by molar-refractivity contribution is 5.89. The van der Waals surface area contributed by atoms with Gasteiger partial charge in [0.25, 0.3) is 0 Å². The van der Waals surface area contributed by atoms with Crippen molar-refractivity contribution in [3.63, 3.8) is 0 Å². The molecule has 0 N–H and O–H groups in total. The lowest BCUT2D eigenvalue weighted by Gasteiger charge is -2.58. The average Bonchev–Trinajstić information content (AvgIpc) is 3.41. The number of esters is 1. The molecule has 3 fully saturated rings. The average molecular weight is 647 g/mol. The van der Waals surface area contributed by atoms with Crippen LogP contribution in [0.4, 0.5) is 0 Å². The number of carbonyl (C=O) groups excluding carboxylic acids is 1. The van der Waals surface area contributed by atoms with Crippen LogP contribution in [0.1, 0.15) is 174 Å². The molecule has 0 aromatic heterocycles. The van der Waals surface area contributed by atoms with Gasteiger partial charge in [-0.05, 0) is 122 Å². The van der Waals surface area contributed by atoms with Gasteiger partial charge < -0.3 is 9.47 Å². The van der Waals surface area contributed by atoms with Gasteiger partial charge in [-0.1, -0.05) is 117 Å². The van der Waals surface area contributed by atoms with Gasteiger partial charge in [0.1, 0.15) is 11.9 Å². The van der Waals surface area contributed by atoms with E-state index in [0.29, 0.717) is 11.0 Å². The third-order valence-corrected chi connectivity index (χ3v) is 13.9. The molecule has 0 bridgehead atoms. The molecule has 0 amide bonds. The monoisotopic (exact) mass is 647 g/mol. The maximum absolute atomic E-state index is 13.2. The summed E-state index contributed by atoms with van der Waals surface area (Å²) in [7, 11) is 0. The molecule has 3 heteroatoms. The first-order chi connectivity index (χ1) is 22.7. The molecular weight excluding hydrogens is 576 g/mol. The Morgan fingerprint density at radius 2 is 1.55 bits per heavy atom. The van der Waals surface area contributed by atoms with Crippen LogP contribution >= 0.6 is 0 Å². The predicted octanol–water partition coefficient (Wildman–Crippen LogP) is 12.8. The van der Waals surface area contributed by atoms with E-state index in [1.165, 1.54) is 96.3 Å². The molecule has 264 valence electrons. The van der Waals surface area contributed by atoms with Crippen LogP contribution in [0.15, 0.2) is 35.9 Å². The van der Waals surface area contributed by atoms with Gasteiger partial charge in [-0.3, -0.25) is 0 Å². The maximum Gasteiger partial charge on any atom is 0.338 e. The molecule has 4 aliphatic carbocycles. The topological polar surface area (TPSA) is 35.5 Å². The molecule has 1 unspecified atom stereocenters. The second kappa shape index (κ2) is 16.8. The van der Waals surface area contributed by atoms with Gasteiger partial charge in [0.15, 0.2) is 0 Å². The van der Waals surface area contributed by atoms with E-state index >= 15 is 0 Å². The van der Waals surface area contributed by atoms with Gasteiger partial charge in [0.2, 0.25) is 0 Å². The highest BCUT2D eigenvalue weighted by atomic mass is 16.5. The third-order valence-electron chi connectivity index (χ3n) is 13.9. The lowest BCUT2D eigenvalue weighted by molar-refractivity contribution is -0.0594. The SMILES string of the molecule is CCCCCCCCCCOc1ccc(C(=O)OC2CC[C@@]3(C)C(=CC[C@H]4[C@@H]5CC[C@H]([C@H](C)CCCC(C)C)[C@@]5(C)CC[C@@H]43)C2)cc1. The number of hydrogen-bond acceptors (Lipinski definition) is 3. The number of allylic oxidation sites excluding steroid dienone is 1. The lowest BCUT2D eigenvalue weighted by Crippen LogP contribution is -2.51. The summed E-state index contributed by atoms with van der Waals surface area (Å²) in [5.74, 6) is 5.78. The van der Waals surface area contributed by atoms with Crippen LogP contribution in [-0.2, 0) is 4.74 Å².